The minimum atomic E-state index is -3.34. The zero-order valence-electron chi connectivity index (χ0n) is 13.8. The maximum Gasteiger partial charge on any atom is 0.243 e. The van der Waals surface area contributed by atoms with Crippen LogP contribution in [0, 0.1) is 5.92 Å². The van der Waals surface area contributed by atoms with Gasteiger partial charge in [-0.25, -0.2) is 8.42 Å². The number of rotatable bonds is 4. The van der Waals surface area contributed by atoms with E-state index in [0.29, 0.717) is 23.9 Å². The molecule has 1 atom stereocenters. The Balaban J connectivity index is 0.00000192. The quantitative estimate of drug-likeness (QED) is 0.900. The second kappa shape index (κ2) is 7.97. The summed E-state index contributed by atoms with van der Waals surface area (Å²) in [6.07, 6.45) is 6.56. The van der Waals surface area contributed by atoms with Crippen LogP contribution in [0.2, 0.25) is 0 Å². The predicted octanol–water partition coefficient (Wildman–Crippen LogP) is 2.61. The van der Waals surface area contributed by atoms with E-state index >= 15 is 0 Å². The van der Waals surface area contributed by atoms with Gasteiger partial charge in [-0.2, -0.15) is 4.31 Å². The fourth-order valence-electron chi connectivity index (χ4n) is 3.72. The van der Waals surface area contributed by atoms with Crippen LogP contribution in [0.5, 0.6) is 0 Å². The summed E-state index contributed by atoms with van der Waals surface area (Å²) in [5.74, 6) is 0.422. The van der Waals surface area contributed by atoms with E-state index in [0.717, 1.165) is 32.2 Å². The number of nitrogens with zero attached hydrogens (tertiary/aromatic N) is 1. The molecule has 1 aliphatic carbocycles. The summed E-state index contributed by atoms with van der Waals surface area (Å²) < 4.78 is 27.5. The molecule has 1 unspecified atom stereocenters. The van der Waals surface area contributed by atoms with E-state index in [9.17, 15) is 8.42 Å². The molecule has 2 aliphatic rings. The second-order valence-electron chi connectivity index (χ2n) is 6.57. The minimum Gasteiger partial charge on any atom is -0.319 e. The van der Waals surface area contributed by atoms with Gasteiger partial charge in [0.2, 0.25) is 10.0 Å². The van der Waals surface area contributed by atoms with Crippen molar-refractivity contribution >= 4 is 22.4 Å². The molecule has 1 aromatic rings. The van der Waals surface area contributed by atoms with Crippen molar-refractivity contribution in [3.05, 3.63) is 29.3 Å². The molecule has 0 saturated carbocycles. The monoisotopic (exact) mass is 358 g/mol. The van der Waals surface area contributed by atoms with Gasteiger partial charge in [-0.1, -0.05) is 6.07 Å². The number of benzene rings is 1. The zero-order chi connectivity index (χ0) is 15.6. The number of hydrogen-bond donors (Lipinski definition) is 1. The Bertz CT molecular complexity index is 631. The number of nitrogens with one attached hydrogen (secondary N) is 1. The van der Waals surface area contributed by atoms with Crippen LogP contribution in [0.25, 0.3) is 0 Å². The Kier molecular flexibility index (Phi) is 6.48. The summed E-state index contributed by atoms with van der Waals surface area (Å²) in [6, 6.07) is 5.75. The van der Waals surface area contributed by atoms with Gasteiger partial charge >= 0.3 is 0 Å². The maximum atomic E-state index is 12.9. The molecule has 0 radical (unpaired) electrons. The van der Waals surface area contributed by atoms with Crippen LogP contribution < -0.4 is 5.32 Å². The summed E-state index contributed by atoms with van der Waals surface area (Å²) in [5, 5.41) is 3.17. The van der Waals surface area contributed by atoms with Gasteiger partial charge in [0.15, 0.2) is 0 Å². The van der Waals surface area contributed by atoms with Crippen molar-refractivity contribution < 1.29 is 8.42 Å². The van der Waals surface area contributed by atoms with E-state index in [1.165, 1.54) is 24.0 Å². The molecule has 130 valence electrons. The molecule has 0 aromatic heterocycles. The first kappa shape index (κ1) is 18.7. The van der Waals surface area contributed by atoms with E-state index in [1.54, 1.807) is 10.4 Å². The maximum absolute atomic E-state index is 12.9. The molecule has 3 rings (SSSR count). The average molecular weight is 359 g/mol. The van der Waals surface area contributed by atoms with Crippen molar-refractivity contribution in [3.8, 4) is 0 Å². The molecule has 1 aliphatic heterocycles. The Morgan fingerprint density at radius 2 is 1.91 bits per heavy atom. The third-order valence-electron chi connectivity index (χ3n) is 4.93. The Labute approximate surface area is 146 Å². The summed E-state index contributed by atoms with van der Waals surface area (Å²) >= 11 is 0. The summed E-state index contributed by atoms with van der Waals surface area (Å²) in [6.45, 7) is 2.18. The van der Waals surface area contributed by atoms with Gasteiger partial charge < -0.3 is 5.32 Å². The molecular formula is C17H27ClN2O2S. The number of halogens is 1. The molecule has 23 heavy (non-hydrogen) atoms. The highest BCUT2D eigenvalue weighted by Gasteiger charge is 2.30. The van der Waals surface area contributed by atoms with E-state index in [-0.39, 0.29) is 12.4 Å². The van der Waals surface area contributed by atoms with Crippen molar-refractivity contribution in [3.63, 3.8) is 0 Å². The normalized spacial score (nSPS) is 22.2. The molecule has 0 amide bonds. The lowest BCUT2D eigenvalue weighted by Gasteiger charge is -2.32. The van der Waals surface area contributed by atoms with Gasteiger partial charge in [0, 0.05) is 13.1 Å². The predicted molar refractivity (Wildman–Crippen MR) is 95.7 cm³/mol. The standard InChI is InChI=1S/C17H26N2O2S.ClH/c1-18-12-14-5-4-10-19(13-14)22(20,21)17-9-8-15-6-2-3-7-16(15)11-17;/h8-9,11,14,18H,2-7,10,12-13H2,1H3;1H. The van der Waals surface area contributed by atoms with Crippen LogP contribution >= 0.6 is 12.4 Å². The number of piperidine rings is 1. The molecule has 6 heteroatoms. The lowest BCUT2D eigenvalue weighted by atomic mass is 9.92. The van der Waals surface area contributed by atoms with Crippen molar-refractivity contribution in [2.75, 3.05) is 26.7 Å². The topological polar surface area (TPSA) is 49.4 Å². The van der Waals surface area contributed by atoms with Crippen molar-refractivity contribution in [1.82, 2.24) is 9.62 Å². The number of hydrogen-bond acceptors (Lipinski definition) is 3. The molecular weight excluding hydrogens is 332 g/mol. The van der Waals surface area contributed by atoms with Gasteiger partial charge in [-0.3, -0.25) is 0 Å². The highest BCUT2D eigenvalue weighted by atomic mass is 35.5. The van der Waals surface area contributed by atoms with Crippen LogP contribution in [0.15, 0.2) is 23.1 Å². The smallest absolute Gasteiger partial charge is 0.243 e. The van der Waals surface area contributed by atoms with Crippen LogP contribution in [-0.2, 0) is 22.9 Å². The summed E-state index contributed by atoms with van der Waals surface area (Å²) in [7, 11) is -1.41. The first-order valence-corrected chi connectivity index (χ1v) is 9.82. The van der Waals surface area contributed by atoms with Gasteiger partial charge in [-0.05, 0) is 81.3 Å². The van der Waals surface area contributed by atoms with Crippen molar-refractivity contribution in [2.45, 2.75) is 43.4 Å². The van der Waals surface area contributed by atoms with Crippen LogP contribution in [-0.4, -0.2) is 39.4 Å². The first-order chi connectivity index (χ1) is 10.6. The van der Waals surface area contributed by atoms with Gasteiger partial charge in [0.1, 0.15) is 0 Å². The first-order valence-electron chi connectivity index (χ1n) is 8.38. The second-order valence-corrected chi connectivity index (χ2v) is 8.50. The molecule has 1 fully saturated rings. The fraction of sp³-hybridized carbons (Fsp3) is 0.647. The highest BCUT2D eigenvalue weighted by Crippen LogP contribution is 2.28. The Hall–Kier alpha value is -0.620. The summed E-state index contributed by atoms with van der Waals surface area (Å²) in [4.78, 5) is 0.484. The van der Waals surface area contributed by atoms with Crippen LogP contribution in [0.1, 0.15) is 36.8 Å². The molecule has 1 aromatic carbocycles. The third kappa shape index (κ3) is 4.08. The number of aryl methyl sites for hydroxylation is 2. The zero-order valence-corrected chi connectivity index (χ0v) is 15.4. The minimum absolute atomic E-state index is 0. The van der Waals surface area contributed by atoms with Crippen molar-refractivity contribution in [1.29, 1.82) is 0 Å². The van der Waals surface area contributed by atoms with Crippen LogP contribution in [0.4, 0.5) is 0 Å². The van der Waals surface area contributed by atoms with E-state index in [4.69, 9.17) is 0 Å². The lowest BCUT2D eigenvalue weighted by Crippen LogP contribution is -2.42. The molecule has 4 nitrogen and oxygen atoms in total. The van der Waals surface area contributed by atoms with Gasteiger partial charge in [-0.15, -0.1) is 12.4 Å². The van der Waals surface area contributed by atoms with E-state index < -0.39 is 10.0 Å². The third-order valence-corrected chi connectivity index (χ3v) is 6.79. The van der Waals surface area contributed by atoms with Gasteiger partial charge in [0.25, 0.3) is 0 Å². The summed E-state index contributed by atoms with van der Waals surface area (Å²) in [5.41, 5.74) is 2.56. The Morgan fingerprint density at radius 1 is 1.17 bits per heavy atom. The number of sulfonamides is 1. The SMILES string of the molecule is CNCC1CCCN(S(=O)(=O)c2ccc3c(c2)CCCC3)C1.Cl. The molecule has 1 saturated heterocycles. The highest BCUT2D eigenvalue weighted by molar-refractivity contribution is 7.89. The molecule has 0 spiro atoms. The van der Waals surface area contributed by atoms with Gasteiger partial charge in [0.05, 0.1) is 4.90 Å². The Morgan fingerprint density at radius 3 is 2.65 bits per heavy atom. The van der Waals surface area contributed by atoms with Crippen molar-refractivity contribution in [2.24, 2.45) is 5.92 Å². The molecule has 0 bridgehead atoms. The average Bonchev–Trinajstić information content (AvgIpc) is 2.55. The molecule has 1 heterocycles. The fourth-order valence-corrected chi connectivity index (χ4v) is 5.33. The molecule has 1 N–H and O–H groups in total. The lowest BCUT2D eigenvalue weighted by molar-refractivity contribution is 0.263. The van der Waals surface area contributed by atoms with Crippen LogP contribution in [0.3, 0.4) is 0 Å². The number of fused-ring (bicyclic) bond motifs is 1. The van der Waals surface area contributed by atoms with E-state index in [2.05, 4.69) is 5.32 Å². The van der Waals surface area contributed by atoms with E-state index in [1.807, 2.05) is 19.2 Å². The largest absolute Gasteiger partial charge is 0.319 e.